The number of nitrogens with one attached hydrogen (secondary N) is 1. The van der Waals surface area contributed by atoms with Gasteiger partial charge in [-0.1, -0.05) is 18.2 Å². The summed E-state index contributed by atoms with van der Waals surface area (Å²) < 4.78 is 0. The van der Waals surface area contributed by atoms with Gasteiger partial charge in [-0.05, 0) is 23.3 Å². The highest BCUT2D eigenvalue weighted by molar-refractivity contribution is 5.62. The Hall–Kier alpha value is -1.71. The van der Waals surface area contributed by atoms with E-state index in [1.807, 2.05) is 18.3 Å². The summed E-state index contributed by atoms with van der Waals surface area (Å²) in [6, 6.07) is 13.2. The first-order valence-corrected chi connectivity index (χ1v) is 5.62. The molecule has 0 aliphatic carbocycles. The molecule has 1 aromatic heterocycles. The average molecular weight is 227 g/mol. The summed E-state index contributed by atoms with van der Waals surface area (Å²) in [6.45, 7) is 1.54. The molecule has 0 atom stereocenters. The Balaban J connectivity index is 2.12. The molecule has 0 unspecified atom stereocenters. The minimum Gasteiger partial charge on any atom is -0.395 e. The largest absolute Gasteiger partial charge is 0.395 e. The maximum atomic E-state index is 8.70. The molecule has 0 saturated carbocycles. The van der Waals surface area contributed by atoms with E-state index in [-0.39, 0.29) is 6.61 Å². The summed E-state index contributed by atoms with van der Waals surface area (Å²) in [5, 5.41) is 11.9. The molecule has 3 nitrogen and oxygen atoms in total. The molecule has 1 aromatic carbocycles. The average Bonchev–Trinajstić information content (AvgIpc) is 2.41. The Labute approximate surface area is 101 Å². The number of aromatic nitrogens is 1. The molecule has 0 spiro atoms. The van der Waals surface area contributed by atoms with Crippen LogP contribution in [0.15, 0.2) is 42.7 Å². The third kappa shape index (κ3) is 3.37. The Morgan fingerprint density at radius 2 is 2.24 bits per heavy atom. The molecule has 0 aliphatic heterocycles. The molecular formula is C14H15N2O. The van der Waals surface area contributed by atoms with Gasteiger partial charge in [-0.15, -0.1) is 0 Å². The molecule has 0 amide bonds. The summed E-state index contributed by atoms with van der Waals surface area (Å²) in [6.07, 6.45) is 3.48. The van der Waals surface area contributed by atoms with Gasteiger partial charge in [0.05, 0.1) is 6.61 Å². The van der Waals surface area contributed by atoms with Crippen LogP contribution >= 0.6 is 0 Å². The van der Waals surface area contributed by atoms with Crippen molar-refractivity contribution in [2.75, 3.05) is 13.2 Å². The molecule has 0 bridgehead atoms. The first-order chi connectivity index (χ1) is 8.40. The summed E-state index contributed by atoms with van der Waals surface area (Å²) in [7, 11) is 0. The zero-order valence-corrected chi connectivity index (χ0v) is 9.56. The van der Waals surface area contributed by atoms with E-state index in [0.29, 0.717) is 6.54 Å². The van der Waals surface area contributed by atoms with Crippen molar-refractivity contribution in [1.82, 2.24) is 10.3 Å². The van der Waals surface area contributed by atoms with Crippen LogP contribution in [0.4, 0.5) is 0 Å². The fourth-order valence-corrected chi connectivity index (χ4v) is 1.66. The van der Waals surface area contributed by atoms with E-state index in [4.69, 9.17) is 5.11 Å². The van der Waals surface area contributed by atoms with Crippen LogP contribution in [0.2, 0.25) is 0 Å². The van der Waals surface area contributed by atoms with Crippen LogP contribution in [0.1, 0.15) is 5.56 Å². The van der Waals surface area contributed by atoms with E-state index in [2.05, 4.69) is 34.6 Å². The number of aliphatic hydroxyl groups excluding tert-OH is 1. The van der Waals surface area contributed by atoms with Crippen molar-refractivity contribution in [1.29, 1.82) is 0 Å². The number of rotatable bonds is 5. The van der Waals surface area contributed by atoms with Crippen LogP contribution in [0, 0.1) is 6.07 Å². The zero-order chi connectivity index (χ0) is 11.9. The van der Waals surface area contributed by atoms with Gasteiger partial charge in [0.2, 0.25) is 0 Å². The predicted molar refractivity (Wildman–Crippen MR) is 67.3 cm³/mol. The monoisotopic (exact) mass is 227 g/mol. The van der Waals surface area contributed by atoms with Crippen molar-refractivity contribution < 1.29 is 5.11 Å². The highest BCUT2D eigenvalue weighted by Crippen LogP contribution is 2.18. The second-order valence-corrected chi connectivity index (χ2v) is 3.77. The van der Waals surface area contributed by atoms with Crippen LogP contribution < -0.4 is 5.32 Å². The molecule has 1 heterocycles. The van der Waals surface area contributed by atoms with Gasteiger partial charge in [0.1, 0.15) is 0 Å². The minimum atomic E-state index is 0.164. The molecule has 2 aromatic rings. The highest BCUT2D eigenvalue weighted by atomic mass is 16.3. The number of hydrogen-bond acceptors (Lipinski definition) is 3. The van der Waals surface area contributed by atoms with Crippen molar-refractivity contribution in [3.63, 3.8) is 0 Å². The SMILES string of the molecule is OCCNCc1cccc(-c2c[c]cnc2)c1. The summed E-state index contributed by atoms with van der Waals surface area (Å²) in [5.41, 5.74) is 3.40. The lowest BCUT2D eigenvalue weighted by atomic mass is 10.0. The summed E-state index contributed by atoms with van der Waals surface area (Å²) in [5.74, 6) is 0. The normalized spacial score (nSPS) is 10.4. The Kier molecular flexibility index (Phi) is 4.24. The molecule has 2 N–H and O–H groups in total. The van der Waals surface area contributed by atoms with Crippen LogP contribution in [0.5, 0.6) is 0 Å². The third-order valence-corrected chi connectivity index (χ3v) is 2.48. The van der Waals surface area contributed by atoms with E-state index in [1.54, 1.807) is 6.20 Å². The molecule has 2 rings (SSSR count). The number of pyridine rings is 1. The molecule has 0 fully saturated rings. The van der Waals surface area contributed by atoms with Gasteiger partial charge in [0, 0.05) is 37.1 Å². The Bertz CT molecular complexity index is 457. The summed E-state index contributed by atoms with van der Waals surface area (Å²) >= 11 is 0. The molecule has 1 radical (unpaired) electrons. The van der Waals surface area contributed by atoms with Gasteiger partial charge in [0.25, 0.3) is 0 Å². The highest BCUT2D eigenvalue weighted by Gasteiger charge is 1.98. The predicted octanol–water partition coefficient (Wildman–Crippen LogP) is 1.63. The number of hydrogen-bond donors (Lipinski definition) is 2. The van der Waals surface area contributed by atoms with Crippen molar-refractivity contribution in [2.45, 2.75) is 6.54 Å². The summed E-state index contributed by atoms with van der Waals surface area (Å²) in [4.78, 5) is 4.06. The molecular weight excluding hydrogens is 212 g/mol. The van der Waals surface area contributed by atoms with E-state index < -0.39 is 0 Å². The van der Waals surface area contributed by atoms with E-state index in [1.165, 1.54) is 5.56 Å². The molecule has 0 saturated heterocycles. The lowest BCUT2D eigenvalue weighted by molar-refractivity contribution is 0.292. The van der Waals surface area contributed by atoms with E-state index in [9.17, 15) is 0 Å². The van der Waals surface area contributed by atoms with Crippen molar-refractivity contribution in [3.05, 3.63) is 54.4 Å². The van der Waals surface area contributed by atoms with E-state index in [0.717, 1.165) is 17.7 Å². The van der Waals surface area contributed by atoms with Crippen LogP contribution in [0.25, 0.3) is 11.1 Å². The second kappa shape index (κ2) is 6.13. The van der Waals surface area contributed by atoms with Gasteiger partial charge >= 0.3 is 0 Å². The first-order valence-electron chi connectivity index (χ1n) is 5.62. The maximum Gasteiger partial charge on any atom is 0.0556 e. The molecule has 0 aliphatic rings. The van der Waals surface area contributed by atoms with Gasteiger partial charge < -0.3 is 10.4 Å². The lowest BCUT2D eigenvalue weighted by Gasteiger charge is -2.06. The fraction of sp³-hybridized carbons (Fsp3) is 0.214. The Morgan fingerprint density at radius 1 is 1.29 bits per heavy atom. The quantitative estimate of drug-likeness (QED) is 0.763. The van der Waals surface area contributed by atoms with Gasteiger partial charge in [-0.3, -0.25) is 4.98 Å². The Morgan fingerprint density at radius 3 is 3.00 bits per heavy atom. The zero-order valence-electron chi connectivity index (χ0n) is 9.56. The maximum absolute atomic E-state index is 8.70. The van der Waals surface area contributed by atoms with Crippen molar-refractivity contribution in [3.8, 4) is 11.1 Å². The van der Waals surface area contributed by atoms with Crippen LogP contribution in [-0.4, -0.2) is 23.2 Å². The second-order valence-electron chi connectivity index (χ2n) is 3.77. The van der Waals surface area contributed by atoms with Crippen molar-refractivity contribution >= 4 is 0 Å². The van der Waals surface area contributed by atoms with Crippen molar-refractivity contribution in [2.24, 2.45) is 0 Å². The number of aliphatic hydroxyl groups is 1. The minimum absolute atomic E-state index is 0.164. The van der Waals surface area contributed by atoms with Gasteiger partial charge in [-0.25, -0.2) is 0 Å². The number of benzene rings is 1. The standard InChI is InChI=1S/C14H15N2O/c17-8-7-16-10-12-3-1-4-13(9-12)14-5-2-6-15-11-14/h1,3-6,9,11,16-17H,7-8,10H2. The van der Waals surface area contributed by atoms with Crippen LogP contribution in [-0.2, 0) is 6.54 Å². The van der Waals surface area contributed by atoms with Gasteiger partial charge in [-0.2, -0.15) is 0 Å². The van der Waals surface area contributed by atoms with E-state index >= 15 is 0 Å². The third-order valence-electron chi connectivity index (χ3n) is 2.48. The topological polar surface area (TPSA) is 45.1 Å². The van der Waals surface area contributed by atoms with Crippen LogP contribution in [0.3, 0.4) is 0 Å². The number of nitrogens with zero attached hydrogens (tertiary/aromatic N) is 1. The smallest absolute Gasteiger partial charge is 0.0556 e. The lowest BCUT2D eigenvalue weighted by Crippen LogP contribution is -2.17. The van der Waals surface area contributed by atoms with Gasteiger partial charge in [0.15, 0.2) is 0 Å². The fourth-order valence-electron chi connectivity index (χ4n) is 1.66. The molecule has 3 heteroatoms. The molecule has 17 heavy (non-hydrogen) atoms. The molecule has 87 valence electrons. The first kappa shape index (κ1) is 11.8.